The zero-order valence-electron chi connectivity index (χ0n) is 18.1. The number of aliphatic hydroxyl groups is 1. The number of aliphatic hydroxyl groups excluding tert-OH is 1. The molecular formula is C25H38O3. The van der Waals surface area contributed by atoms with E-state index in [0.29, 0.717) is 40.6 Å². The molecule has 5 rings (SSSR count). The zero-order valence-corrected chi connectivity index (χ0v) is 18.1. The van der Waals surface area contributed by atoms with Gasteiger partial charge in [-0.3, -0.25) is 0 Å². The highest BCUT2D eigenvalue weighted by molar-refractivity contribution is 5.88. The maximum absolute atomic E-state index is 12.0. The van der Waals surface area contributed by atoms with Crippen molar-refractivity contribution in [2.75, 3.05) is 6.61 Å². The lowest BCUT2D eigenvalue weighted by Crippen LogP contribution is -2.51. The molecule has 0 aromatic heterocycles. The van der Waals surface area contributed by atoms with Crippen LogP contribution in [0.4, 0.5) is 0 Å². The normalized spacial score (nSPS) is 52.0. The van der Waals surface area contributed by atoms with Gasteiger partial charge in [-0.25, -0.2) is 4.79 Å². The van der Waals surface area contributed by atoms with Gasteiger partial charge in [0, 0.05) is 17.6 Å². The molecule has 3 heteroatoms. The Morgan fingerprint density at radius 1 is 1.14 bits per heavy atom. The van der Waals surface area contributed by atoms with Gasteiger partial charge in [0.1, 0.15) is 0 Å². The number of carboxylic acid groups (broad SMARTS) is 1. The molecule has 156 valence electrons. The summed E-state index contributed by atoms with van der Waals surface area (Å²) in [7, 11) is 0. The third kappa shape index (κ3) is 2.29. The first kappa shape index (κ1) is 19.2. The second kappa shape index (κ2) is 5.86. The van der Waals surface area contributed by atoms with Crippen LogP contribution in [0.2, 0.25) is 0 Å². The second-order valence-corrected chi connectivity index (χ2v) is 12.1. The number of aliphatic carboxylic acids is 1. The van der Waals surface area contributed by atoms with Crippen LogP contribution in [0.5, 0.6) is 0 Å². The van der Waals surface area contributed by atoms with Gasteiger partial charge in [0.25, 0.3) is 0 Å². The smallest absolute Gasteiger partial charge is 0.331 e. The average Bonchev–Trinajstić information content (AvgIpc) is 2.99. The number of carbonyl (C=O) groups is 1. The number of hydrogen-bond acceptors (Lipinski definition) is 2. The van der Waals surface area contributed by atoms with Crippen LogP contribution in [0.15, 0.2) is 11.1 Å². The van der Waals surface area contributed by atoms with Crippen LogP contribution in [-0.4, -0.2) is 22.8 Å². The largest absolute Gasteiger partial charge is 0.478 e. The van der Waals surface area contributed by atoms with Crippen LogP contribution in [0.3, 0.4) is 0 Å². The summed E-state index contributed by atoms with van der Waals surface area (Å²) < 4.78 is 0. The van der Waals surface area contributed by atoms with Gasteiger partial charge in [0.2, 0.25) is 0 Å². The van der Waals surface area contributed by atoms with Gasteiger partial charge in [-0.15, -0.1) is 0 Å². The van der Waals surface area contributed by atoms with Crippen molar-refractivity contribution in [3.63, 3.8) is 0 Å². The Morgan fingerprint density at radius 3 is 2.54 bits per heavy atom. The molecule has 0 saturated heterocycles. The van der Waals surface area contributed by atoms with Crippen LogP contribution < -0.4 is 0 Å². The van der Waals surface area contributed by atoms with E-state index in [9.17, 15) is 15.0 Å². The molecule has 5 aliphatic rings. The maximum Gasteiger partial charge on any atom is 0.331 e. The highest BCUT2D eigenvalue weighted by Crippen LogP contribution is 2.77. The van der Waals surface area contributed by atoms with E-state index in [1.165, 1.54) is 31.3 Å². The Hall–Kier alpha value is -0.830. The van der Waals surface area contributed by atoms with Crippen molar-refractivity contribution in [3.05, 3.63) is 11.1 Å². The molecule has 0 aromatic rings. The summed E-state index contributed by atoms with van der Waals surface area (Å²) >= 11 is 0. The lowest BCUT2D eigenvalue weighted by molar-refractivity contribution is -0.132. The van der Waals surface area contributed by atoms with E-state index in [2.05, 4.69) is 27.7 Å². The van der Waals surface area contributed by atoms with Gasteiger partial charge in [-0.1, -0.05) is 33.3 Å². The maximum atomic E-state index is 12.0. The van der Waals surface area contributed by atoms with Crippen LogP contribution in [0, 0.1) is 51.8 Å². The van der Waals surface area contributed by atoms with E-state index in [1.54, 1.807) is 0 Å². The third-order valence-electron chi connectivity index (χ3n) is 10.6. The predicted molar refractivity (Wildman–Crippen MR) is 110 cm³/mol. The number of rotatable bonds is 3. The summed E-state index contributed by atoms with van der Waals surface area (Å²) in [5.74, 6) is 3.16. The van der Waals surface area contributed by atoms with Crippen molar-refractivity contribution >= 4 is 5.97 Å². The standard InChI is InChI=1S/C25H38O3/c1-14(2)15-7-8-23(3)9-10-25(13-26)11-17-16(22(27)28)5-6-18(17)24(4)12-19(24)21(25)20(15)23/h14-15,18-21,26H,5-13H2,1-4H3,(H,27,28). The Morgan fingerprint density at radius 2 is 1.89 bits per heavy atom. The van der Waals surface area contributed by atoms with Crippen LogP contribution in [0.1, 0.15) is 79.1 Å². The molecule has 0 aromatic carbocycles. The second-order valence-electron chi connectivity index (χ2n) is 12.1. The van der Waals surface area contributed by atoms with E-state index in [0.717, 1.165) is 31.6 Å². The van der Waals surface area contributed by atoms with Crippen molar-refractivity contribution in [1.82, 2.24) is 0 Å². The lowest BCUT2D eigenvalue weighted by atomic mass is 9.49. The fourth-order valence-electron chi connectivity index (χ4n) is 9.07. The van der Waals surface area contributed by atoms with Crippen molar-refractivity contribution in [3.8, 4) is 0 Å². The number of allylic oxidation sites excluding steroid dienone is 1. The van der Waals surface area contributed by atoms with Crippen molar-refractivity contribution in [1.29, 1.82) is 0 Å². The molecule has 0 aliphatic heterocycles. The van der Waals surface area contributed by atoms with Crippen molar-refractivity contribution in [2.45, 2.75) is 79.1 Å². The first-order chi connectivity index (χ1) is 13.2. The van der Waals surface area contributed by atoms with E-state index in [4.69, 9.17) is 0 Å². The zero-order chi connectivity index (χ0) is 20.1. The Labute approximate surface area is 170 Å². The Kier molecular flexibility index (Phi) is 4.01. The van der Waals surface area contributed by atoms with E-state index >= 15 is 0 Å². The SMILES string of the molecule is CC(C)C1CCC2(C)CCC3(CO)CC4=C(C(=O)O)CCC4C4(C)CC4C3C12. The molecule has 4 fully saturated rings. The van der Waals surface area contributed by atoms with Gasteiger partial charge >= 0.3 is 5.97 Å². The first-order valence-corrected chi connectivity index (χ1v) is 11.7. The molecule has 28 heavy (non-hydrogen) atoms. The molecule has 0 spiro atoms. The molecule has 8 unspecified atom stereocenters. The quantitative estimate of drug-likeness (QED) is 0.693. The topological polar surface area (TPSA) is 57.5 Å². The van der Waals surface area contributed by atoms with Gasteiger partial charge in [-0.2, -0.15) is 0 Å². The molecular weight excluding hydrogens is 348 g/mol. The Balaban J connectivity index is 1.65. The van der Waals surface area contributed by atoms with Gasteiger partial charge in [0.05, 0.1) is 0 Å². The molecule has 4 saturated carbocycles. The molecule has 3 nitrogen and oxygen atoms in total. The number of fused-ring (bicyclic) bond motifs is 7. The highest BCUT2D eigenvalue weighted by Gasteiger charge is 2.71. The van der Waals surface area contributed by atoms with Crippen LogP contribution in [-0.2, 0) is 4.79 Å². The Bertz CT molecular complexity index is 738. The van der Waals surface area contributed by atoms with E-state index in [-0.39, 0.29) is 17.4 Å². The minimum atomic E-state index is -0.702. The first-order valence-electron chi connectivity index (χ1n) is 11.7. The summed E-state index contributed by atoms with van der Waals surface area (Å²) in [5, 5.41) is 20.7. The van der Waals surface area contributed by atoms with E-state index < -0.39 is 5.97 Å². The third-order valence-corrected chi connectivity index (χ3v) is 10.6. The molecule has 0 radical (unpaired) electrons. The summed E-state index contributed by atoms with van der Waals surface area (Å²) in [4.78, 5) is 12.0. The monoisotopic (exact) mass is 386 g/mol. The van der Waals surface area contributed by atoms with Crippen LogP contribution in [0.25, 0.3) is 0 Å². The van der Waals surface area contributed by atoms with E-state index in [1.807, 2.05) is 0 Å². The molecule has 5 aliphatic carbocycles. The molecule has 2 N–H and O–H groups in total. The van der Waals surface area contributed by atoms with Crippen LogP contribution >= 0.6 is 0 Å². The number of carboxylic acids is 1. The summed E-state index contributed by atoms with van der Waals surface area (Å²) in [6, 6.07) is 0. The van der Waals surface area contributed by atoms with Gasteiger partial charge < -0.3 is 10.2 Å². The minimum absolute atomic E-state index is 0.0841. The fraction of sp³-hybridized carbons (Fsp3) is 0.880. The summed E-state index contributed by atoms with van der Waals surface area (Å²) in [6.07, 6.45) is 8.83. The summed E-state index contributed by atoms with van der Waals surface area (Å²) in [6.45, 7) is 10.0. The molecule has 0 amide bonds. The van der Waals surface area contributed by atoms with Crippen molar-refractivity contribution < 1.29 is 15.0 Å². The molecule has 8 atom stereocenters. The molecule has 0 bridgehead atoms. The predicted octanol–water partition coefficient (Wildman–Crippen LogP) is 5.28. The highest BCUT2D eigenvalue weighted by atomic mass is 16.4. The van der Waals surface area contributed by atoms with Crippen molar-refractivity contribution in [2.24, 2.45) is 51.8 Å². The number of hydrogen-bond donors (Lipinski definition) is 2. The summed E-state index contributed by atoms with van der Waals surface area (Å²) in [5.41, 5.74) is 2.54. The minimum Gasteiger partial charge on any atom is -0.478 e. The lowest BCUT2D eigenvalue weighted by Gasteiger charge is -2.55. The van der Waals surface area contributed by atoms with Gasteiger partial charge in [-0.05, 0) is 97.7 Å². The van der Waals surface area contributed by atoms with Gasteiger partial charge in [0.15, 0.2) is 0 Å². The average molecular weight is 387 g/mol. The fourth-order valence-corrected chi connectivity index (χ4v) is 9.07. The molecule has 0 heterocycles.